The van der Waals surface area contributed by atoms with Crippen molar-refractivity contribution in [3.8, 4) is 0 Å². The van der Waals surface area contributed by atoms with Gasteiger partial charge in [-0.1, -0.05) is 0 Å². The molecule has 0 radical (unpaired) electrons. The summed E-state index contributed by atoms with van der Waals surface area (Å²) in [5.41, 5.74) is 0. The average molecular weight is 210 g/mol. The first-order valence-electron chi connectivity index (χ1n) is 4.34. The van der Waals surface area contributed by atoms with E-state index in [1.165, 1.54) is 39.0 Å². The summed E-state index contributed by atoms with van der Waals surface area (Å²) in [6.07, 6.45) is 3.49. The zero-order chi connectivity index (χ0) is 10.2. The van der Waals surface area contributed by atoms with E-state index in [9.17, 15) is 8.42 Å². The van der Waals surface area contributed by atoms with Crippen LogP contribution >= 0.6 is 0 Å². The van der Waals surface area contributed by atoms with Crippen LogP contribution in [0.15, 0.2) is 0 Å². The number of nitrogens with one attached hydrogen (secondary N) is 2. The van der Waals surface area contributed by atoms with Crippen molar-refractivity contribution < 1.29 is 13.0 Å². The molecule has 3 N–H and O–H groups in total. The molecule has 0 spiro atoms. The summed E-state index contributed by atoms with van der Waals surface area (Å²) in [5.74, 6) is 0. The summed E-state index contributed by atoms with van der Waals surface area (Å²) < 4.78 is 25.9. The van der Waals surface area contributed by atoms with Crippen LogP contribution in [0.4, 0.5) is 0 Å². The summed E-state index contributed by atoms with van der Waals surface area (Å²) >= 11 is 0. The highest BCUT2D eigenvalue weighted by atomic mass is 32.2. The lowest BCUT2D eigenvalue weighted by Crippen LogP contribution is -2.29. The molecule has 0 aromatic rings. The van der Waals surface area contributed by atoms with Crippen LogP contribution in [-0.2, 0) is 10.1 Å². The lowest BCUT2D eigenvalue weighted by molar-refractivity contribution is 0.490. The van der Waals surface area contributed by atoms with Crippen molar-refractivity contribution in [1.29, 1.82) is 0 Å². The van der Waals surface area contributed by atoms with Crippen molar-refractivity contribution in [1.82, 2.24) is 10.6 Å². The highest BCUT2D eigenvalue weighted by molar-refractivity contribution is 7.85. The fourth-order valence-corrected chi connectivity index (χ4v) is 0.354. The van der Waals surface area contributed by atoms with E-state index in [2.05, 4.69) is 10.6 Å². The molecule has 0 saturated carbocycles. The first-order valence-corrected chi connectivity index (χ1v) is 6.19. The van der Waals surface area contributed by atoms with E-state index in [0.717, 1.165) is 0 Å². The number of hydrogen-bond acceptors (Lipinski definition) is 4. The van der Waals surface area contributed by atoms with Crippen molar-refractivity contribution in [3.05, 3.63) is 0 Å². The lowest BCUT2D eigenvalue weighted by atomic mass is 10.3. The van der Waals surface area contributed by atoms with Gasteiger partial charge in [-0.3, -0.25) is 4.55 Å². The van der Waals surface area contributed by atoms with Gasteiger partial charge in [-0.2, -0.15) is 8.42 Å². The SMILES string of the molecule is C1CNC1.C1CNC1.CS(=O)(=O)O. The average Bonchev–Trinajstić information content (AvgIpc) is 1.41. The molecule has 2 heterocycles. The first-order chi connectivity index (χ1) is 6.00. The molecule has 2 rings (SSSR count). The Bertz CT molecular complexity index is 172. The van der Waals surface area contributed by atoms with Crippen LogP contribution in [0.2, 0.25) is 0 Å². The van der Waals surface area contributed by atoms with Crippen molar-refractivity contribution in [2.75, 3.05) is 32.4 Å². The Morgan fingerprint density at radius 3 is 1.08 bits per heavy atom. The lowest BCUT2D eigenvalue weighted by Gasteiger charge is -2.09. The standard InChI is InChI=1S/2C3H7N.CH4O3S/c2*1-2-4-3-1;1-5(2,3)4/h2*4H,1-3H2;1H3,(H,2,3,4). The summed E-state index contributed by atoms with van der Waals surface area (Å²) in [6.45, 7) is 5.00. The fraction of sp³-hybridized carbons (Fsp3) is 1.00. The van der Waals surface area contributed by atoms with E-state index in [0.29, 0.717) is 6.26 Å². The Labute approximate surface area is 79.7 Å². The number of hydrogen-bond donors (Lipinski definition) is 3. The van der Waals surface area contributed by atoms with E-state index < -0.39 is 10.1 Å². The summed E-state index contributed by atoms with van der Waals surface area (Å²) in [6, 6.07) is 0. The molecule has 13 heavy (non-hydrogen) atoms. The van der Waals surface area contributed by atoms with E-state index in [1.54, 1.807) is 0 Å². The molecule has 0 atom stereocenters. The predicted octanol–water partition coefficient (Wildman–Crippen LogP) is -0.537. The smallest absolute Gasteiger partial charge is 0.261 e. The quantitative estimate of drug-likeness (QED) is 0.468. The van der Waals surface area contributed by atoms with Gasteiger partial charge in [0.25, 0.3) is 10.1 Å². The highest BCUT2D eigenvalue weighted by Gasteiger charge is 1.92. The van der Waals surface area contributed by atoms with E-state index in [-0.39, 0.29) is 0 Å². The van der Waals surface area contributed by atoms with Crippen LogP contribution < -0.4 is 10.6 Å². The van der Waals surface area contributed by atoms with Gasteiger partial charge < -0.3 is 10.6 Å². The molecule has 0 bridgehead atoms. The third-order valence-electron chi connectivity index (χ3n) is 1.41. The van der Waals surface area contributed by atoms with Crippen LogP contribution in [0.25, 0.3) is 0 Å². The maximum Gasteiger partial charge on any atom is 0.261 e. The molecule has 0 aliphatic carbocycles. The molecule has 2 fully saturated rings. The van der Waals surface area contributed by atoms with Crippen LogP contribution in [0.5, 0.6) is 0 Å². The Morgan fingerprint density at radius 2 is 1.08 bits per heavy atom. The van der Waals surface area contributed by atoms with E-state index in [4.69, 9.17) is 4.55 Å². The molecular weight excluding hydrogens is 192 g/mol. The van der Waals surface area contributed by atoms with Gasteiger partial charge in [-0.25, -0.2) is 0 Å². The minimum Gasteiger partial charge on any atom is -0.317 e. The predicted molar refractivity (Wildman–Crippen MR) is 52.4 cm³/mol. The third kappa shape index (κ3) is 18.6. The molecular formula is C7H18N2O3S. The molecule has 6 heteroatoms. The van der Waals surface area contributed by atoms with Gasteiger partial charge in [0, 0.05) is 0 Å². The second kappa shape index (κ2) is 7.25. The molecule has 5 nitrogen and oxygen atoms in total. The largest absolute Gasteiger partial charge is 0.317 e. The fourth-order valence-electron chi connectivity index (χ4n) is 0.354. The number of rotatable bonds is 0. The van der Waals surface area contributed by atoms with Gasteiger partial charge >= 0.3 is 0 Å². The van der Waals surface area contributed by atoms with Gasteiger partial charge in [0.2, 0.25) is 0 Å². The Balaban J connectivity index is 0.000000167. The Morgan fingerprint density at radius 1 is 1.00 bits per heavy atom. The van der Waals surface area contributed by atoms with Crippen molar-refractivity contribution in [2.45, 2.75) is 12.8 Å². The summed E-state index contributed by atoms with van der Waals surface area (Å²) in [5, 5.41) is 6.22. The zero-order valence-electron chi connectivity index (χ0n) is 7.91. The van der Waals surface area contributed by atoms with Crippen molar-refractivity contribution in [2.24, 2.45) is 0 Å². The summed E-state index contributed by atoms with van der Waals surface area (Å²) in [4.78, 5) is 0. The van der Waals surface area contributed by atoms with Gasteiger partial charge in [0.1, 0.15) is 0 Å². The first kappa shape index (κ1) is 12.8. The molecule has 0 unspecified atom stereocenters. The van der Waals surface area contributed by atoms with Crippen LogP contribution in [0.3, 0.4) is 0 Å². The maximum atomic E-state index is 9.19. The maximum absolute atomic E-state index is 9.19. The highest BCUT2D eigenvalue weighted by Crippen LogP contribution is 1.81. The normalized spacial score (nSPS) is 19.2. The monoisotopic (exact) mass is 210 g/mol. The Hall–Kier alpha value is -0.170. The third-order valence-corrected chi connectivity index (χ3v) is 1.41. The molecule has 80 valence electrons. The van der Waals surface area contributed by atoms with Gasteiger partial charge in [-0.15, -0.1) is 0 Å². The molecule has 2 saturated heterocycles. The van der Waals surface area contributed by atoms with Crippen molar-refractivity contribution >= 4 is 10.1 Å². The second-order valence-corrected chi connectivity index (χ2v) is 4.41. The van der Waals surface area contributed by atoms with Crippen LogP contribution in [0, 0.1) is 0 Å². The van der Waals surface area contributed by atoms with Gasteiger partial charge in [0.15, 0.2) is 0 Å². The zero-order valence-corrected chi connectivity index (χ0v) is 8.73. The molecule has 0 aromatic heterocycles. The topological polar surface area (TPSA) is 78.4 Å². The molecule has 0 aromatic carbocycles. The molecule has 2 aliphatic heterocycles. The summed E-state index contributed by atoms with van der Waals surface area (Å²) in [7, 11) is -3.67. The van der Waals surface area contributed by atoms with Gasteiger partial charge in [-0.05, 0) is 39.0 Å². The van der Waals surface area contributed by atoms with Crippen LogP contribution in [-0.4, -0.2) is 45.4 Å². The molecule has 2 aliphatic rings. The van der Waals surface area contributed by atoms with Gasteiger partial charge in [0.05, 0.1) is 6.26 Å². The minimum absolute atomic E-state index is 0.715. The van der Waals surface area contributed by atoms with E-state index >= 15 is 0 Å². The molecule has 0 amide bonds. The van der Waals surface area contributed by atoms with Crippen LogP contribution in [0.1, 0.15) is 12.8 Å². The van der Waals surface area contributed by atoms with Crippen molar-refractivity contribution in [3.63, 3.8) is 0 Å². The Kier molecular flexibility index (Phi) is 7.16. The second-order valence-electron chi connectivity index (χ2n) is 2.94. The van der Waals surface area contributed by atoms with E-state index in [1.807, 2.05) is 0 Å². The minimum atomic E-state index is -3.67.